The topological polar surface area (TPSA) is 64.0 Å². The Kier molecular flexibility index (Phi) is 5.75. The van der Waals surface area contributed by atoms with E-state index in [0.717, 1.165) is 40.5 Å². The molecule has 3 aromatic carbocycles. The Morgan fingerprint density at radius 2 is 1.67 bits per heavy atom. The lowest BCUT2D eigenvalue weighted by molar-refractivity contribution is -0.137. The summed E-state index contributed by atoms with van der Waals surface area (Å²) in [7, 11) is -1.60. The van der Waals surface area contributed by atoms with Gasteiger partial charge in [-0.1, -0.05) is 42.5 Å². The van der Waals surface area contributed by atoms with Crippen LogP contribution in [0.1, 0.15) is 17.0 Å². The third-order valence-corrected chi connectivity index (χ3v) is 5.70. The van der Waals surface area contributed by atoms with Crippen molar-refractivity contribution in [1.29, 1.82) is 0 Å². The number of benzene rings is 3. The molecule has 0 unspecified atom stereocenters. The molecule has 0 aliphatic rings. The highest BCUT2D eigenvalue weighted by Crippen LogP contribution is 2.32. The van der Waals surface area contributed by atoms with Crippen molar-refractivity contribution < 1.29 is 21.6 Å². The van der Waals surface area contributed by atoms with Crippen LogP contribution in [0, 0.1) is 0 Å². The normalized spacial score (nSPS) is 12.5. The number of alkyl halides is 3. The van der Waals surface area contributed by atoms with Crippen LogP contribution in [-0.2, 0) is 23.2 Å². The number of imidazole rings is 1. The maximum Gasteiger partial charge on any atom is 0.416 e. The first kappa shape index (κ1) is 22.6. The third-order valence-electron chi connectivity index (χ3n) is 5.11. The number of nitrogens with one attached hydrogen (secondary N) is 1. The molecular formula is C24H20F3N3O2S. The largest absolute Gasteiger partial charge is 0.416 e. The molecule has 9 heteroatoms. The number of hydrogen-bond acceptors (Lipinski definition) is 3. The molecule has 170 valence electrons. The molecule has 0 aliphatic carbocycles. The monoisotopic (exact) mass is 471 g/mol. The molecule has 4 aromatic rings. The van der Waals surface area contributed by atoms with Crippen LogP contribution in [-0.4, -0.2) is 24.2 Å². The van der Waals surface area contributed by atoms with E-state index in [-0.39, 0.29) is 0 Å². The molecule has 0 bridgehead atoms. The number of halogens is 3. The van der Waals surface area contributed by atoms with Gasteiger partial charge in [0.25, 0.3) is 0 Å². The lowest BCUT2D eigenvalue weighted by Gasteiger charge is -2.11. The van der Waals surface area contributed by atoms with E-state index >= 15 is 0 Å². The van der Waals surface area contributed by atoms with E-state index in [1.54, 1.807) is 24.3 Å². The summed E-state index contributed by atoms with van der Waals surface area (Å²) in [5.74, 6) is 0.629. The van der Waals surface area contributed by atoms with E-state index in [2.05, 4.69) is 9.71 Å². The second kappa shape index (κ2) is 8.40. The molecule has 1 heterocycles. The Morgan fingerprint density at radius 3 is 2.33 bits per heavy atom. The van der Waals surface area contributed by atoms with Crippen LogP contribution in [0.3, 0.4) is 0 Å². The average Bonchev–Trinajstić information content (AvgIpc) is 3.06. The van der Waals surface area contributed by atoms with Crippen molar-refractivity contribution in [3.63, 3.8) is 0 Å². The van der Waals surface area contributed by atoms with Gasteiger partial charge in [-0.2, -0.15) is 13.2 Å². The van der Waals surface area contributed by atoms with Crippen molar-refractivity contribution in [2.24, 2.45) is 7.05 Å². The highest BCUT2D eigenvalue weighted by molar-refractivity contribution is 7.92. The zero-order chi connectivity index (χ0) is 23.8. The number of aryl methyl sites for hydroxylation is 1. The van der Waals surface area contributed by atoms with Crippen LogP contribution in [0.25, 0.3) is 34.3 Å². The molecule has 1 aromatic heterocycles. The molecule has 0 aliphatic heterocycles. The van der Waals surface area contributed by atoms with Crippen LogP contribution < -0.4 is 4.72 Å². The third kappa shape index (κ3) is 5.09. The summed E-state index contributed by atoms with van der Waals surface area (Å²) in [6.45, 7) is 0. The van der Waals surface area contributed by atoms with Gasteiger partial charge in [-0.3, -0.25) is 4.72 Å². The summed E-state index contributed by atoms with van der Waals surface area (Å²) in [6, 6.07) is 17.6. The van der Waals surface area contributed by atoms with Crippen molar-refractivity contribution in [3.8, 4) is 11.1 Å². The van der Waals surface area contributed by atoms with Gasteiger partial charge in [0.2, 0.25) is 10.0 Å². The number of anilines is 1. The Labute approximate surface area is 189 Å². The smallest absolute Gasteiger partial charge is 0.328 e. The molecule has 0 atom stereocenters. The predicted molar refractivity (Wildman–Crippen MR) is 125 cm³/mol. The van der Waals surface area contributed by atoms with Gasteiger partial charge < -0.3 is 4.57 Å². The fourth-order valence-electron chi connectivity index (χ4n) is 3.50. The molecule has 1 N–H and O–H groups in total. The van der Waals surface area contributed by atoms with Crippen LogP contribution in [0.2, 0.25) is 0 Å². The second-order valence-electron chi connectivity index (χ2n) is 7.61. The summed E-state index contributed by atoms with van der Waals surface area (Å²) in [4.78, 5) is 4.59. The Balaban J connectivity index is 1.67. The highest BCUT2D eigenvalue weighted by Gasteiger charge is 2.29. The van der Waals surface area contributed by atoms with Crippen molar-refractivity contribution in [3.05, 3.63) is 83.7 Å². The molecule has 4 rings (SSSR count). The number of rotatable bonds is 5. The molecule has 0 spiro atoms. The summed E-state index contributed by atoms with van der Waals surface area (Å²) in [5, 5.41) is 0. The van der Waals surface area contributed by atoms with Gasteiger partial charge in [-0.15, -0.1) is 0 Å². The van der Waals surface area contributed by atoms with Gasteiger partial charge in [0, 0.05) is 12.6 Å². The van der Waals surface area contributed by atoms with E-state index in [1.807, 2.05) is 41.9 Å². The Bertz CT molecular complexity index is 1450. The van der Waals surface area contributed by atoms with Crippen molar-refractivity contribution in [1.82, 2.24) is 9.55 Å². The molecular weight excluding hydrogens is 451 g/mol. The number of para-hydroxylation sites is 1. The van der Waals surface area contributed by atoms with E-state index in [4.69, 9.17) is 0 Å². The lowest BCUT2D eigenvalue weighted by atomic mass is 10.0. The first-order valence-corrected chi connectivity index (χ1v) is 11.8. The van der Waals surface area contributed by atoms with Crippen LogP contribution in [0.15, 0.2) is 66.7 Å². The van der Waals surface area contributed by atoms with Gasteiger partial charge in [0.1, 0.15) is 5.82 Å². The zero-order valence-corrected chi connectivity index (χ0v) is 18.6. The van der Waals surface area contributed by atoms with Gasteiger partial charge in [0.15, 0.2) is 0 Å². The summed E-state index contributed by atoms with van der Waals surface area (Å²) in [6.07, 6.45) is 0.172. The minimum absolute atomic E-state index is 0.476. The van der Waals surface area contributed by atoms with E-state index < -0.39 is 21.8 Å². The Hall–Kier alpha value is -3.59. The number of hydrogen-bond donors (Lipinski definition) is 1. The second-order valence-corrected chi connectivity index (χ2v) is 9.35. The van der Waals surface area contributed by atoms with Gasteiger partial charge in [0.05, 0.1) is 28.5 Å². The lowest BCUT2D eigenvalue weighted by Crippen LogP contribution is -2.10. The van der Waals surface area contributed by atoms with Crippen molar-refractivity contribution >= 4 is 38.9 Å². The minimum atomic E-state index is -4.37. The first-order chi connectivity index (χ1) is 15.5. The average molecular weight is 472 g/mol. The highest BCUT2D eigenvalue weighted by atomic mass is 32.2. The van der Waals surface area contributed by atoms with Crippen LogP contribution in [0.4, 0.5) is 18.9 Å². The number of sulfonamides is 1. The minimum Gasteiger partial charge on any atom is -0.328 e. The predicted octanol–water partition coefficient (Wildman–Crippen LogP) is 5.80. The van der Waals surface area contributed by atoms with E-state index in [1.165, 1.54) is 12.1 Å². The molecule has 0 fully saturated rings. The van der Waals surface area contributed by atoms with E-state index in [9.17, 15) is 21.6 Å². The van der Waals surface area contributed by atoms with Crippen LogP contribution >= 0.6 is 0 Å². The van der Waals surface area contributed by atoms with Crippen LogP contribution in [0.5, 0.6) is 0 Å². The zero-order valence-electron chi connectivity index (χ0n) is 17.8. The van der Waals surface area contributed by atoms with Gasteiger partial charge >= 0.3 is 6.18 Å². The van der Waals surface area contributed by atoms with E-state index in [0.29, 0.717) is 17.1 Å². The summed E-state index contributed by atoms with van der Waals surface area (Å²) < 4.78 is 66.1. The van der Waals surface area contributed by atoms with Gasteiger partial charge in [-0.05, 0) is 47.5 Å². The number of aromatic nitrogens is 2. The Morgan fingerprint density at radius 1 is 0.970 bits per heavy atom. The molecule has 0 saturated heterocycles. The maximum absolute atomic E-state index is 12.7. The number of nitrogens with zero attached hydrogens (tertiary/aromatic N) is 2. The SMILES string of the molecule is Cn1c(C=Cc2ccc(C(F)(F)F)cc2)nc2ccc(-c3ccccc3NS(C)(=O)=O)cc21. The summed E-state index contributed by atoms with van der Waals surface area (Å²) >= 11 is 0. The quantitative estimate of drug-likeness (QED) is 0.400. The first-order valence-electron chi connectivity index (χ1n) is 9.90. The summed E-state index contributed by atoms with van der Waals surface area (Å²) in [5.41, 5.74) is 3.51. The molecule has 0 radical (unpaired) electrons. The number of fused-ring (bicyclic) bond motifs is 1. The van der Waals surface area contributed by atoms with Gasteiger partial charge in [-0.25, -0.2) is 13.4 Å². The standard InChI is InChI=1S/C24H20F3N3O2S/c1-30-22-15-17(19-5-3-4-6-20(19)29-33(2,31)32)10-13-21(22)28-23(30)14-9-16-7-11-18(12-8-16)24(25,26)27/h3-15,29H,1-2H3. The molecule has 5 nitrogen and oxygen atoms in total. The molecule has 0 amide bonds. The molecule has 0 saturated carbocycles. The fraction of sp³-hybridized carbons (Fsp3) is 0.125. The van der Waals surface area contributed by atoms with Crippen molar-refractivity contribution in [2.45, 2.75) is 6.18 Å². The molecule has 33 heavy (non-hydrogen) atoms. The fourth-order valence-corrected chi connectivity index (χ4v) is 4.08. The van der Waals surface area contributed by atoms with Crippen molar-refractivity contribution in [2.75, 3.05) is 11.0 Å². The maximum atomic E-state index is 12.7.